The molecule has 17 heavy (non-hydrogen) atoms. The standard InChI is InChI=1S/C16H17N/c17-13-16(15-9-5-2-6-10-15)12-11-14-7-3-1-4-8-14/h1-3,5-7,9-10,12-13,17H,4,8,11H2/b16-12+,17-13?. The molecule has 0 atom stereocenters. The number of nitrogens with one attached hydrogen (secondary N) is 1. The van der Waals surface area contributed by atoms with E-state index in [0.717, 1.165) is 30.4 Å². The molecule has 0 aromatic heterocycles. The summed E-state index contributed by atoms with van der Waals surface area (Å²) in [5.74, 6) is 0. The molecule has 1 aromatic rings. The highest BCUT2D eigenvalue weighted by Gasteiger charge is 2.00. The van der Waals surface area contributed by atoms with E-state index in [1.165, 1.54) is 11.8 Å². The van der Waals surface area contributed by atoms with Gasteiger partial charge in [0.05, 0.1) is 0 Å². The zero-order valence-electron chi connectivity index (χ0n) is 9.89. The Balaban J connectivity index is 2.11. The van der Waals surface area contributed by atoms with Crippen LogP contribution in [0, 0.1) is 5.41 Å². The molecule has 1 aliphatic carbocycles. The normalized spacial score (nSPS) is 15.5. The average molecular weight is 223 g/mol. The Bertz CT molecular complexity index is 464. The van der Waals surface area contributed by atoms with Gasteiger partial charge in [-0.05, 0) is 30.4 Å². The van der Waals surface area contributed by atoms with E-state index in [1.807, 2.05) is 30.3 Å². The molecule has 0 heterocycles. The molecule has 1 nitrogen and oxygen atoms in total. The number of hydrogen-bond acceptors (Lipinski definition) is 1. The van der Waals surface area contributed by atoms with Crippen molar-refractivity contribution in [1.29, 1.82) is 5.41 Å². The molecule has 0 unspecified atom stereocenters. The van der Waals surface area contributed by atoms with E-state index in [-0.39, 0.29) is 0 Å². The Morgan fingerprint density at radius 3 is 2.71 bits per heavy atom. The Morgan fingerprint density at radius 1 is 1.24 bits per heavy atom. The maximum absolute atomic E-state index is 7.49. The lowest BCUT2D eigenvalue weighted by Gasteiger charge is -2.07. The van der Waals surface area contributed by atoms with Crippen LogP contribution in [0.15, 0.2) is 60.2 Å². The Morgan fingerprint density at radius 2 is 2.06 bits per heavy atom. The monoisotopic (exact) mass is 223 g/mol. The summed E-state index contributed by atoms with van der Waals surface area (Å²) in [4.78, 5) is 0. The van der Waals surface area contributed by atoms with E-state index in [4.69, 9.17) is 5.41 Å². The largest absolute Gasteiger partial charge is 0.308 e. The van der Waals surface area contributed by atoms with Crippen LogP contribution >= 0.6 is 0 Å². The Labute approximate surface area is 103 Å². The van der Waals surface area contributed by atoms with E-state index in [0.29, 0.717) is 0 Å². The molecule has 1 aliphatic rings. The van der Waals surface area contributed by atoms with Crippen LogP contribution in [-0.2, 0) is 0 Å². The highest BCUT2D eigenvalue weighted by Crippen LogP contribution is 2.19. The predicted molar refractivity (Wildman–Crippen MR) is 74.3 cm³/mol. The van der Waals surface area contributed by atoms with Gasteiger partial charge in [-0.2, -0.15) is 0 Å². The molecule has 0 saturated heterocycles. The third kappa shape index (κ3) is 3.28. The van der Waals surface area contributed by atoms with Crippen LogP contribution in [0.2, 0.25) is 0 Å². The van der Waals surface area contributed by atoms with E-state index < -0.39 is 0 Å². The van der Waals surface area contributed by atoms with Crippen LogP contribution in [0.25, 0.3) is 5.57 Å². The molecule has 2 rings (SSSR count). The van der Waals surface area contributed by atoms with Crippen molar-refractivity contribution in [3.63, 3.8) is 0 Å². The molecule has 0 fully saturated rings. The van der Waals surface area contributed by atoms with Crippen molar-refractivity contribution < 1.29 is 0 Å². The first-order valence-electron chi connectivity index (χ1n) is 6.01. The summed E-state index contributed by atoms with van der Waals surface area (Å²) in [7, 11) is 0. The lowest BCUT2D eigenvalue weighted by molar-refractivity contribution is 0.926. The van der Waals surface area contributed by atoms with Gasteiger partial charge in [0.15, 0.2) is 0 Å². The minimum absolute atomic E-state index is 0.948. The molecule has 0 bridgehead atoms. The van der Waals surface area contributed by atoms with Gasteiger partial charge >= 0.3 is 0 Å². The van der Waals surface area contributed by atoms with Crippen LogP contribution in [-0.4, -0.2) is 6.21 Å². The highest BCUT2D eigenvalue weighted by atomic mass is 14.3. The Kier molecular flexibility index (Phi) is 4.09. The number of allylic oxidation sites excluding steroid dienone is 6. The van der Waals surface area contributed by atoms with Crippen LogP contribution < -0.4 is 0 Å². The van der Waals surface area contributed by atoms with Gasteiger partial charge in [0.1, 0.15) is 0 Å². The van der Waals surface area contributed by atoms with E-state index in [2.05, 4.69) is 24.3 Å². The van der Waals surface area contributed by atoms with Crippen molar-refractivity contribution in [1.82, 2.24) is 0 Å². The second-order valence-corrected chi connectivity index (χ2v) is 4.17. The quantitative estimate of drug-likeness (QED) is 0.732. The van der Waals surface area contributed by atoms with Crippen molar-refractivity contribution in [2.45, 2.75) is 19.3 Å². The summed E-state index contributed by atoms with van der Waals surface area (Å²) in [5.41, 5.74) is 3.57. The second kappa shape index (κ2) is 6.00. The van der Waals surface area contributed by atoms with Crippen molar-refractivity contribution in [2.24, 2.45) is 0 Å². The average Bonchev–Trinajstić information content (AvgIpc) is 2.42. The third-order valence-electron chi connectivity index (χ3n) is 2.95. The van der Waals surface area contributed by atoms with E-state index in [1.54, 1.807) is 0 Å². The third-order valence-corrected chi connectivity index (χ3v) is 2.95. The molecule has 0 radical (unpaired) electrons. The van der Waals surface area contributed by atoms with Gasteiger partial charge in [0, 0.05) is 6.21 Å². The predicted octanol–water partition coefficient (Wildman–Crippen LogP) is 4.39. The van der Waals surface area contributed by atoms with Gasteiger partial charge in [-0.3, -0.25) is 0 Å². The van der Waals surface area contributed by atoms with Crippen LogP contribution in [0.4, 0.5) is 0 Å². The number of benzene rings is 1. The molecule has 86 valence electrons. The maximum Gasteiger partial charge on any atom is 0.0253 e. The van der Waals surface area contributed by atoms with Gasteiger partial charge in [-0.25, -0.2) is 0 Å². The minimum atomic E-state index is 0.948. The first-order chi connectivity index (χ1) is 8.40. The second-order valence-electron chi connectivity index (χ2n) is 4.17. The zero-order chi connectivity index (χ0) is 11.9. The maximum atomic E-state index is 7.49. The van der Waals surface area contributed by atoms with Gasteiger partial charge < -0.3 is 5.41 Å². The topological polar surface area (TPSA) is 23.9 Å². The highest BCUT2D eigenvalue weighted by molar-refractivity contribution is 6.08. The van der Waals surface area contributed by atoms with Crippen LogP contribution in [0.3, 0.4) is 0 Å². The molecular formula is C16H17N. The summed E-state index contributed by atoms with van der Waals surface area (Å²) in [6.45, 7) is 0. The van der Waals surface area contributed by atoms with Gasteiger partial charge in [-0.15, -0.1) is 0 Å². The minimum Gasteiger partial charge on any atom is -0.308 e. The van der Waals surface area contributed by atoms with Crippen LogP contribution in [0.5, 0.6) is 0 Å². The fraction of sp³-hybridized carbons (Fsp3) is 0.188. The van der Waals surface area contributed by atoms with Gasteiger partial charge in [0.25, 0.3) is 0 Å². The lowest BCUT2D eigenvalue weighted by atomic mass is 9.99. The van der Waals surface area contributed by atoms with Gasteiger partial charge in [-0.1, -0.05) is 60.2 Å². The fourth-order valence-corrected chi connectivity index (χ4v) is 1.95. The summed E-state index contributed by atoms with van der Waals surface area (Å²) in [6, 6.07) is 10.1. The smallest absolute Gasteiger partial charge is 0.0253 e. The number of rotatable bonds is 4. The first kappa shape index (κ1) is 11.6. The SMILES string of the molecule is N=C/C(=C\CC1=CC=CCC1)c1ccccc1. The summed E-state index contributed by atoms with van der Waals surface area (Å²) < 4.78 is 0. The zero-order valence-corrected chi connectivity index (χ0v) is 9.89. The molecule has 0 aliphatic heterocycles. The fourth-order valence-electron chi connectivity index (χ4n) is 1.95. The molecule has 1 aromatic carbocycles. The summed E-state index contributed by atoms with van der Waals surface area (Å²) in [5, 5.41) is 7.49. The summed E-state index contributed by atoms with van der Waals surface area (Å²) in [6.07, 6.45) is 13.3. The van der Waals surface area contributed by atoms with Crippen molar-refractivity contribution in [2.75, 3.05) is 0 Å². The summed E-state index contributed by atoms with van der Waals surface area (Å²) >= 11 is 0. The first-order valence-corrected chi connectivity index (χ1v) is 6.01. The van der Waals surface area contributed by atoms with Crippen LogP contribution in [0.1, 0.15) is 24.8 Å². The van der Waals surface area contributed by atoms with Crippen molar-refractivity contribution in [3.05, 3.63) is 65.8 Å². The van der Waals surface area contributed by atoms with Gasteiger partial charge in [0.2, 0.25) is 0 Å². The van der Waals surface area contributed by atoms with E-state index in [9.17, 15) is 0 Å². The van der Waals surface area contributed by atoms with Crippen molar-refractivity contribution >= 4 is 11.8 Å². The lowest BCUT2D eigenvalue weighted by Crippen LogP contribution is -1.89. The molecular weight excluding hydrogens is 206 g/mol. The molecule has 0 amide bonds. The van der Waals surface area contributed by atoms with Crippen molar-refractivity contribution in [3.8, 4) is 0 Å². The Hall–Kier alpha value is -1.89. The molecule has 1 heteroatoms. The molecule has 0 saturated carbocycles. The molecule has 0 spiro atoms. The van der Waals surface area contributed by atoms with E-state index >= 15 is 0 Å². The molecule has 1 N–H and O–H groups in total. The number of hydrogen-bond donors (Lipinski definition) is 1.